The van der Waals surface area contributed by atoms with Crippen LogP contribution in [0.25, 0.3) is 0 Å². The van der Waals surface area contributed by atoms with E-state index in [1.54, 1.807) is 0 Å². The molecule has 0 saturated carbocycles. The molecule has 1 aliphatic heterocycles. The predicted octanol–water partition coefficient (Wildman–Crippen LogP) is 3.55. The molecule has 102 valence electrons. The minimum atomic E-state index is 0.239. The summed E-state index contributed by atoms with van der Waals surface area (Å²) in [6, 6.07) is 0.349. The van der Waals surface area contributed by atoms with Gasteiger partial charge in [0, 0.05) is 11.6 Å². The molecule has 17 heavy (non-hydrogen) atoms. The van der Waals surface area contributed by atoms with Crippen molar-refractivity contribution >= 4 is 0 Å². The monoisotopic (exact) mass is 240 g/mol. The summed E-state index contributed by atoms with van der Waals surface area (Å²) < 4.78 is 0. The standard InChI is InChI=1S/C15H32N2/c1-4-6-7-8-11-14(16)15(3,5-2)17-12-9-10-13-17/h14H,4-13,16H2,1-3H3. The van der Waals surface area contributed by atoms with Crippen LogP contribution in [-0.2, 0) is 0 Å². The van der Waals surface area contributed by atoms with Crippen LogP contribution < -0.4 is 5.73 Å². The average molecular weight is 240 g/mol. The maximum atomic E-state index is 6.48. The largest absolute Gasteiger partial charge is 0.326 e. The van der Waals surface area contributed by atoms with Crippen LogP contribution in [0.3, 0.4) is 0 Å². The molecule has 0 radical (unpaired) electrons. The zero-order valence-electron chi connectivity index (χ0n) is 12.2. The van der Waals surface area contributed by atoms with E-state index in [4.69, 9.17) is 5.73 Å². The fourth-order valence-electron chi connectivity index (χ4n) is 3.05. The first-order valence-corrected chi connectivity index (χ1v) is 7.65. The lowest BCUT2D eigenvalue weighted by molar-refractivity contribution is 0.0953. The predicted molar refractivity (Wildman–Crippen MR) is 76.2 cm³/mol. The van der Waals surface area contributed by atoms with E-state index < -0.39 is 0 Å². The Balaban J connectivity index is 2.41. The van der Waals surface area contributed by atoms with E-state index in [9.17, 15) is 0 Å². The van der Waals surface area contributed by atoms with E-state index in [-0.39, 0.29) is 5.54 Å². The number of hydrogen-bond acceptors (Lipinski definition) is 2. The molecule has 2 N–H and O–H groups in total. The Morgan fingerprint density at radius 1 is 1.12 bits per heavy atom. The molecular formula is C15H32N2. The van der Waals surface area contributed by atoms with Gasteiger partial charge in [0.2, 0.25) is 0 Å². The third-order valence-electron chi connectivity index (χ3n) is 4.71. The number of rotatable bonds is 8. The van der Waals surface area contributed by atoms with Crippen LogP contribution in [0.2, 0.25) is 0 Å². The molecule has 0 aromatic rings. The van der Waals surface area contributed by atoms with Gasteiger partial charge in [0.25, 0.3) is 0 Å². The highest BCUT2D eigenvalue weighted by Gasteiger charge is 2.36. The summed E-state index contributed by atoms with van der Waals surface area (Å²) >= 11 is 0. The highest BCUT2D eigenvalue weighted by Crippen LogP contribution is 2.29. The summed E-state index contributed by atoms with van der Waals surface area (Å²) in [5.74, 6) is 0. The molecule has 0 spiro atoms. The molecule has 1 heterocycles. The van der Waals surface area contributed by atoms with Gasteiger partial charge in [-0.1, -0.05) is 39.5 Å². The van der Waals surface area contributed by atoms with Crippen molar-refractivity contribution in [2.24, 2.45) is 5.73 Å². The lowest BCUT2D eigenvalue weighted by Gasteiger charge is -2.43. The minimum absolute atomic E-state index is 0.239. The van der Waals surface area contributed by atoms with Gasteiger partial charge in [-0.25, -0.2) is 0 Å². The van der Waals surface area contributed by atoms with Crippen molar-refractivity contribution in [3.63, 3.8) is 0 Å². The van der Waals surface area contributed by atoms with E-state index in [1.165, 1.54) is 64.5 Å². The quantitative estimate of drug-likeness (QED) is 0.657. The number of nitrogens with zero attached hydrogens (tertiary/aromatic N) is 1. The van der Waals surface area contributed by atoms with Gasteiger partial charge >= 0.3 is 0 Å². The van der Waals surface area contributed by atoms with Crippen LogP contribution in [-0.4, -0.2) is 29.6 Å². The van der Waals surface area contributed by atoms with Crippen molar-refractivity contribution in [1.82, 2.24) is 4.90 Å². The fraction of sp³-hybridized carbons (Fsp3) is 1.00. The van der Waals surface area contributed by atoms with Crippen molar-refractivity contribution in [1.29, 1.82) is 0 Å². The van der Waals surface area contributed by atoms with Gasteiger partial charge in [-0.05, 0) is 45.7 Å². The molecule has 0 bridgehead atoms. The van der Waals surface area contributed by atoms with Crippen molar-refractivity contribution in [3.05, 3.63) is 0 Å². The van der Waals surface area contributed by atoms with Crippen molar-refractivity contribution in [2.45, 2.75) is 83.7 Å². The van der Waals surface area contributed by atoms with Crippen LogP contribution in [0.15, 0.2) is 0 Å². The molecule has 2 atom stereocenters. The Labute approximate surface area is 108 Å². The molecule has 0 aromatic carbocycles. The van der Waals surface area contributed by atoms with E-state index in [1.807, 2.05) is 0 Å². The Hall–Kier alpha value is -0.0800. The van der Waals surface area contributed by atoms with Gasteiger partial charge in [-0.2, -0.15) is 0 Å². The first-order valence-electron chi connectivity index (χ1n) is 7.65. The first-order chi connectivity index (χ1) is 8.15. The Morgan fingerprint density at radius 2 is 1.76 bits per heavy atom. The van der Waals surface area contributed by atoms with Crippen molar-refractivity contribution in [2.75, 3.05) is 13.1 Å². The Bertz CT molecular complexity index is 199. The van der Waals surface area contributed by atoms with E-state index in [0.717, 1.165) is 0 Å². The summed E-state index contributed by atoms with van der Waals surface area (Å²) in [4.78, 5) is 2.64. The van der Waals surface area contributed by atoms with Crippen LogP contribution >= 0.6 is 0 Å². The van der Waals surface area contributed by atoms with Gasteiger partial charge < -0.3 is 5.73 Å². The maximum Gasteiger partial charge on any atom is 0.0329 e. The average Bonchev–Trinajstić information content (AvgIpc) is 2.87. The summed E-state index contributed by atoms with van der Waals surface area (Å²) in [5.41, 5.74) is 6.72. The van der Waals surface area contributed by atoms with E-state index >= 15 is 0 Å². The van der Waals surface area contributed by atoms with Gasteiger partial charge in [0.1, 0.15) is 0 Å². The Kier molecular flexibility index (Phi) is 6.50. The third-order valence-corrected chi connectivity index (χ3v) is 4.71. The molecule has 0 aliphatic carbocycles. The van der Waals surface area contributed by atoms with Crippen molar-refractivity contribution in [3.8, 4) is 0 Å². The Morgan fingerprint density at radius 3 is 2.29 bits per heavy atom. The summed E-state index contributed by atoms with van der Waals surface area (Å²) in [6.07, 6.45) is 10.4. The molecule has 1 aliphatic rings. The van der Waals surface area contributed by atoms with E-state index in [2.05, 4.69) is 25.7 Å². The molecular weight excluding hydrogens is 208 g/mol. The molecule has 1 fully saturated rings. The summed E-state index contributed by atoms with van der Waals surface area (Å²) in [6.45, 7) is 9.45. The second-order valence-electron chi connectivity index (χ2n) is 5.86. The topological polar surface area (TPSA) is 29.3 Å². The van der Waals surface area contributed by atoms with E-state index in [0.29, 0.717) is 6.04 Å². The van der Waals surface area contributed by atoms with Gasteiger partial charge in [-0.3, -0.25) is 4.90 Å². The zero-order valence-corrected chi connectivity index (χ0v) is 12.2. The van der Waals surface area contributed by atoms with Gasteiger partial charge in [0.15, 0.2) is 0 Å². The molecule has 0 amide bonds. The molecule has 0 aromatic heterocycles. The molecule has 2 nitrogen and oxygen atoms in total. The van der Waals surface area contributed by atoms with Crippen LogP contribution in [0.5, 0.6) is 0 Å². The van der Waals surface area contributed by atoms with Crippen LogP contribution in [0.1, 0.15) is 72.1 Å². The second-order valence-corrected chi connectivity index (χ2v) is 5.86. The van der Waals surface area contributed by atoms with Gasteiger partial charge in [-0.15, -0.1) is 0 Å². The number of unbranched alkanes of at least 4 members (excludes halogenated alkanes) is 3. The van der Waals surface area contributed by atoms with Crippen LogP contribution in [0.4, 0.5) is 0 Å². The number of nitrogens with two attached hydrogens (primary N) is 1. The number of likely N-dealkylation sites (tertiary alicyclic amines) is 1. The molecule has 2 heteroatoms. The van der Waals surface area contributed by atoms with Crippen LogP contribution in [0, 0.1) is 0 Å². The second kappa shape index (κ2) is 7.38. The summed E-state index contributed by atoms with van der Waals surface area (Å²) in [5, 5.41) is 0. The first kappa shape index (κ1) is 15.0. The third kappa shape index (κ3) is 3.96. The lowest BCUT2D eigenvalue weighted by Crippen LogP contribution is -2.56. The molecule has 2 unspecified atom stereocenters. The number of hydrogen-bond donors (Lipinski definition) is 1. The highest BCUT2D eigenvalue weighted by atomic mass is 15.2. The maximum absolute atomic E-state index is 6.48. The fourth-order valence-corrected chi connectivity index (χ4v) is 3.05. The molecule has 1 rings (SSSR count). The summed E-state index contributed by atoms with van der Waals surface area (Å²) in [7, 11) is 0. The smallest absolute Gasteiger partial charge is 0.0329 e. The SMILES string of the molecule is CCCCCCC(N)C(C)(CC)N1CCCC1. The van der Waals surface area contributed by atoms with Crippen molar-refractivity contribution < 1.29 is 0 Å². The zero-order chi connectivity index (χ0) is 12.7. The van der Waals surface area contributed by atoms with Gasteiger partial charge in [0.05, 0.1) is 0 Å². The minimum Gasteiger partial charge on any atom is -0.326 e. The highest BCUT2D eigenvalue weighted by molar-refractivity contribution is 4.96. The normalized spacial score (nSPS) is 22.6. The lowest BCUT2D eigenvalue weighted by atomic mass is 9.85. The molecule has 1 saturated heterocycles.